The Morgan fingerprint density at radius 3 is 2.57 bits per heavy atom. The fraction of sp³-hybridized carbons (Fsp3) is 0. The zero-order valence-corrected chi connectivity index (χ0v) is 4.89. The Hall–Kier alpha value is -0.0800. The summed E-state index contributed by atoms with van der Waals surface area (Å²) in [5.74, 6) is -0.255. The van der Waals surface area contributed by atoms with Crippen LogP contribution in [-0.4, -0.2) is 0 Å². The lowest BCUT2D eigenvalue weighted by Crippen LogP contribution is -1.50. The first-order chi connectivity index (χ1) is 3.29. The average molecular weight is 137 g/mol. The summed E-state index contributed by atoms with van der Waals surface area (Å²) < 4.78 is 12.4. The van der Waals surface area contributed by atoms with Crippen LogP contribution in [0.25, 0.3) is 0 Å². The third kappa shape index (κ3) is 1.14. The van der Waals surface area contributed by atoms with Gasteiger partial charge in [-0.1, -0.05) is 11.6 Å². The van der Waals surface area contributed by atoms with Crippen LogP contribution in [0.15, 0.2) is 11.4 Å². The summed E-state index contributed by atoms with van der Waals surface area (Å²) >= 11 is 6.53. The van der Waals surface area contributed by atoms with Gasteiger partial charge in [0.1, 0.15) is 5.82 Å². The van der Waals surface area contributed by atoms with E-state index < -0.39 is 0 Å². The number of hydrogen-bond acceptors (Lipinski definition) is 1. The molecule has 0 amide bonds. The van der Waals surface area contributed by atoms with E-state index in [4.69, 9.17) is 11.6 Å². The Labute approximate surface area is 49.5 Å². The quantitative estimate of drug-likeness (QED) is 0.514. The van der Waals surface area contributed by atoms with Gasteiger partial charge in [-0.05, 0) is 0 Å². The minimum absolute atomic E-state index is 0.255. The first kappa shape index (κ1) is 5.06. The van der Waals surface area contributed by atoms with E-state index in [0.717, 1.165) is 0 Å². The average Bonchev–Trinajstić information content (AvgIpc) is 1.87. The molecule has 0 fully saturated rings. The fourth-order valence-electron chi connectivity index (χ4n) is 0.289. The molecule has 0 aliphatic rings. The molecule has 1 heterocycles. The Balaban J connectivity index is 3.04. The van der Waals surface area contributed by atoms with Crippen LogP contribution in [0.5, 0.6) is 0 Å². The van der Waals surface area contributed by atoms with Gasteiger partial charge in [0.25, 0.3) is 0 Å². The largest absolute Gasteiger partial charge is 0.206 e. The van der Waals surface area contributed by atoms with Crippen LogP contribution in [0, 0.1) is 5.82 Å². The Bertz CT molecular complexity index is 144. The normalized spacial score (nSPS) is 9.43. The summed E-state index contributed by atoms with van der Waals surface area (Å²) in [5, 5.41) is 1.36. The van der Waals surface area contributed by atoms with Crippen LogP contribution < -0.4 is 0 Å². The van der Waals surface area contributed by atoms with E-state index in [1.165, 1.54) is 22.8 Å². The Morgan fingerprint density at radius 1 is 1.71 bits per heavy atom. The molecule has 1 aromatic heterocycles. The summed E-state index contributed by atoms with van der Waals surface area (Å²) in [6, 6.07) is 1.28. The van der Waals surface area contributed by atoms with E-state index in [1.54, 1.807) is 0 Å². The predicted molar refractivity (Wildman–Crippen MR) is 29.3 cm³/mol. The zero-order chi connectivity index (χ0) is 5.28. The number of hydrogen-bond donors (Lipinski definition) is 0. The van der Waals surface area contributed by atoms with Crippen LogP contribution in [0.2, 0.25) is 4.34 Å². The third-order valence-electron chi connectivity index (χ3n) is 0.535. The Kier molecular flexibility index (Phi) is 1.30. The molecule has 0 aliphatic carbocycles. The lowest BCUT2D eigenvalue weighted by atomic mass is 10.6. The van der Waals surface area contributed by atoms with Crippen LogP contribution in [0.4, 0.5) is 4.39 Å². The highest BCUT2D eigenvalue weighted by molar-refractivity contribution is 7.14. The second kappa shape index (κ2) is 1.80. The SMILES string of the molecule is Fc1csc(Cl)c1. The molecule has 0 atom stereocenters. The van der Waals surface area contributed by atoms with Crippen molar-refractivity contribution in [2.75, 3.05) is 0 Å². The summed E-state index contributed by atoms with van der Waals surface area (Å²) in [5.41, 5.74) is 0. The molecule has 0 nitrogen and oxygen atoms in total. The molecule has 0 spiro atoms. The van der Waals surface area contributed by atoms with Crippen LogP contribution >= 0.6 is 22.9 Å². The van der Waals surface area contributed by atoms with Gasteiger partial charge >= 0.3 is 0 Å². The maximum Gasteiger partial charge on any atom is 0.135 e. The smallest absolute Gasteiger partial charge is 0.135 e. The van der Waals surface area contributed by atoms with Crippen LogP contribution in [0.3, 0.4) is 0 Å². The van der Waals surface area contributed by atoms with Crippen LogP contribution in [-0.2, 0) is 0 Å². The van der Waals surface area contributed by atoms with Crippen molar-refractivity contribution in [3.8, 4) is 0 Å². The van der Waals surface area contributed by atoms with Crippen molar-refractivity contribution >= 4 is 22.9 Å². The lowest BCUT2D eigenvalue weighted by molar-refractivity contribution is 0.633. The minimum atomic E-state index is -0.255. The van der Waals surface area contributed by atoms with Gasteiger partial charge < -0.3 is 0 Å². The molecule has 0 radical (unpaired) electrons. The molecule has 1 rings (SSSR count). The van der Waals surface area contributed by atoms with Gasteiger partial charge in [0.15, 0.2) is 0 Å². The molecule has 7 heavy (non-hydrogen) atoms. The molecular formula is C4H2ClFS. The van der Waals surface area contributed by atoms with E-state index in [2.05, 4.69) is 0 Å². The molecule has 0 aliphatic heterocycles. The van der Waals surface area contributed by atoms with Crippen molar-refractivity contribution in [1.82, 2.24) is 0 Å². The molecule has 0 saturated heterocycles. The summed E-state index contributed by atoms with van der Waals surface area (Å²) in [6.07, 6.45) is 0. The predicted octanol–water partition coefficient (Wildman–Crippen LogP) is 2.54. The van der Waals surface area contributed by atoms with Crippen molar-refractivity contribution in [2.24, 2.45) is 0 Å². The minimum Gasteiger partial charge on any atom is -0.206 e. The second-order valence-corrected chi connectivity index (χ2v) is 2.61. The second-order valence-electron chi connectivity index (χ2n) is 1.07. The fourth-order valence-corrected chi connectivity index (χ4v) is 1.00. The van der Waals surface area contributed by atoms with Crippen molar-refractivity contribution in [1.29, 1.82) is 0 Å². The highest BCUT2D eigenvalue weighted by atomic mass is 35.5. The monoisotopic (exact) mass is 136 g/mol. The molecular weight excluding hydrogens is 135 g/mol. The molecule has 3 heteroatoms. The van der Waals surface area contributed by atoms with Crippen molar-refractivity contribution < 1.29 is 4.39 Å². The first-order valence-corrected chi connectivity index (χ1v) is 2.94. The number of halogens is 2. The van der Waals surface area contributed by atoms with Crippen molar-refractivity contribution in [3.63, 3.8) is 0 Å². The van der Waals surface area contributed by atoms with Gasteiger partial charge in [-0.25, -0.2) is 4.39 Å². The number of rotatable bonds is 0. The molecule has 0 N–H and O–H groups in total. The van der Waals surface area contributed by atoms with E-state index in [9.17, 15) is 4.39 Å². The van der Waals surface area contributed by atoms with E-state index in [0.29, 0.717) is 4.34 Å². The summed E-state index contributed by atoms with van der Waals surface area (Å²) in [4.78, 5) is 0. The zero-order valence-electron chi connectivity index (χ0n) is 3.32. The highest BCUT2D eigenvalue weighted by Crippen LogP contribution is 2.17. The number of thiophene rings is 1. The molecule has 0 bridgehead atoms. The van der Waals surface area contributed by atoms with Gasteiger partial charge in [-0.2, -0.15) is 0 Å². The van der Waals surface area contributed by atoms with E-state index in [-0.39, 0.29) is 5.82 Å². The van der Waals surface area contributed by atoms with E-state index in [1.807, 2.05) is 0 Å². The first-order valence-electron chi connectivity index (χ1n) is 1.68. The van der Waals surface area contributed by atoms with E-state index >= 15 is 0 Å². The molecule has 38 valence electrons. The molecule has 0 unspecified atom stereocenters. The molecule has 0 aromatic carbocycles. The van der Waals surface area contributed by atoms with Gasteiger partial charge in [0.2, 0.25) is 0 Å². The van der Waals surface area contributed by atoms with Crippen molar-refractivity contribution in [3.05, 3.63) is 21.6 Å². The summed E-state index contributed by atoms with van der Waals surface area (Å²) in [6.45, 7) is 0. The van der Waals surface area contributed by atoms with Gasteiger partial charge in [0.05, 0.1) is 4.34 Å². The van der Waals surface area contributed by atoms with Gasteiger partial charge in [0, 0.05) is 11.4 Å². The molecule has 0 saturated carbocycles. The maximum atomic E-state index is 11.9. The standard InChI is InChI=1S/C4H2ClFS/c5-4-1-3(6)2-7-4/h1-2H. The van der Waals surface area contributed by atoms with Gasteiger partial charge in [-0.3, -0.25) is 0 Å². The lowest BCUT2D eigenvalue weighted by Gasteiger charge is -1.64. The maximum absolute atomic E-state index is 11.9. The van der Waals surface area contributed by atoms with Crippen molar-refractivity contribution in [2.45, 2.75) is 0 Å². The highest BCUT2D eigenvalue weighted by Gasteiger charge is 1.90. The Morgan fingerprint density at radius 2 is 2.43 bits per heavy atom. The summed E-state index contributed by atoms with van der Waals surface area (Å²) in [7, 11) is 0. The topological polar surface area (TPSA) is 0 Å². The molecule has 1 aromatic rings. The van der Waals surface area contributed by atoms with Crippen LogP contribution in [0.1, 0.15) is 0 Å². The third-order valence-corrected chi connectivity index (χ3v) is 1.60. The van der Waals surface area contributed by atoms with Gasteiger partial charge in [-0.15, -0.1) is 11.3 Å².